The third kappa shape index (κ3) is 3.03. The Morgan fingerprint density at radius 2 is 2.21 bits per heavy atom. The summed E-state index contributed by atoms with van der Waals surface area (Å²) in [6, 6.07) is 5.58. The first-order chi connectivity index (χ1) is 9.28. The van der Waals surface area contributed by atoms with Gasteiger partial charge in [0.2, 0.25) is 0 Å². The lowest BCUT2D eigenvalue weighted by Crippen LogP contribution is -2.04. The van der Waals surface area contributed by atoms with Crippen molar-refractivity contribution < 1.29 is 14.0 Å². The molecule has 0 saturated carbocycles. The number of nitrogens with two attached hydrogens (primary N) is 1. The van der Waals surface area contributed by atoms with Crippen LogP contribution in [0.2, 0.25) is 0 Å². The zero-order valence-corrected chi connectivity index (χ0v) is 11.0. The van der Waals surface area contributed by atoms with Crippen LogP contribution < -0.4 is 15.2 Å². The molecule has 0 atom stereocenters. The van der Waals surface area contributed by atoms with E-state index in [-0.39, 0.29) is 6.61 Å². The molecule has 0 bridgehead atoms. The molecule has 0 aliphatic heterocycles. The topological polar surface area (TPSA) is 83.4 Å². The van der Waals surface area contributed by atoms with Gasteiger partial charge in [-0.05, 0) is 6.07 Å². The van der Waals surface area contributed by atoms with E-state index in [2.05, 4.69) is 10.1 Å². The van der Waals surface area contributed by atoms with Crippen molar-refractivity contribution in [1.29, 1.82) is 0 Å². The van der Waals surface area contributed by atoms with Crippen LogP contribution in [-0.2, 0) is 19.6 Å². The Morgan fingerprint density at radius 1 is 1.37 bits per heavy atom. The van der Waals surface area contributed by atoms with Gasteiger partial charge in [0.1, 0.15) is 0 Å². The Hall–Kier alpha value is -2.08. The quantitative estimate of drug-likeness (QED) is 0.853. The van der Waals surface area contributed by atoms with Gasteiger partial charge in [0, 0.05) is 18.5 Å². The minimum Gasteiger partial charge on any atom is -0.493 e. The average molecular weight is 263 g/mol. The van der Waals surface area contributed by atoms with Gasteiger partial charge in [-0.15, -0.1) is 0 Å². The lowest BCUT2D eigenvalue weighted by molar-refractivity contribution is 0.231. The monoisotopic (exact) mass is 263 g/mol. The molecule has 2 N–H and O–H groups in total. The number of nitrogens with zero attached hydrogens (tertiary/aromatic N) is 2. The lowest BCUT2D eigenvalue weighted by Gasteiger charge is -2.12. The molecule has 0 aliphatic rings. The van der Waals surface area contributed by atoms with Gasteiger partial charge in [-0.25, -0.2) is 0 Å². The zero-order chi connectivity index (χ0) is 13.7. The number of benzene rings is 1. The normalized spacial score (nSPS) is 10.5. The average Bonchev–Trinajstić information content (AvgIpc) is 2.92. The highest BCUT2D eigenvalue weighted by Crippen LogP contribution is 2.31. The van der Waals surface area contributed by atoms with Crippen molar-refractivity contribution in [3.05, 3.63) is 35.5 Å². The summed E-state index contributed by atoms with van der Waals surface area (Å²) in [5.74, 6) is 2.35. The molecule has 1 heterocycles. The first kappa shape index (κ1) is 13.4. The van der Waals surface area contributed by atoms with Gasteiger partial charge in [0.05, 0.1) is 7.11 Å². The van der Waals surface area contributed by atoms with Crippen LogP contribution in [0, 0.1) is 0 Å². The Bertz CT molecular complexity index is 517. The van der Waals surface area contributed by atoms with Gasteiger partial charge in [-0.2, -0.15) is 4.98 Å². The Balaban J connectivity index is 2.13. The second-order valence-electron chi connectivity index (χ2n) is 3.90. The van der Waals surface area contributed by atoms with Crippen LogP contribution in [0.1, 0.15) is 24.2 Å². The van der Waals surface area contributed by atoms with Crippen LogP contribution in [0.15, 0.2) is 22.7 Å². The van der Waals surface area contributed by atoms with Crippen molar-refractivity contribution in [2.75, 3.05) is 7.11 Å². The molecule has 1 aromatic carbocycles. The molecule has 2 rings (SSSR count). The van der Waals surface area contributed by atoms with E-state index >= 15 is 0 Å². The van der Waals surface area contributed by atoms with Crippen molar-refractivity contribution in [3.63, 3.8) is 0 Å². The number of ether oxygens (including phenoxy) is 2. The largest absolute Gasteiger partial charge is 0.493 e. The number of aryl methyl sites for hydroxylation is 1. The molecule has 0 radical (unpaired) electrons. The van der Waals surface area contributed by atoms with E-state index in [1.165, 1.54) is 0 Å². The minimum absolute atomic E-state index is 0.195. The van der Waals surface area contributed by atoms with Crippen LogP contribution in [0.3, 0.4) is 0 Å². The van der Waals surface area contributed by atoms with Gasteiger partial charge < -0.3 is 19.7 Å². The number of methoxy groups -OCH3 is 1. The molecule has 0 spiro atoms. The predicted molar refractivity (Wildman–Crippen MR) is 68.9 cm³/mol. The van der Waals surface area contributed by atoms with Crippen molar-refractivity contribution in [1.82, 2.24) is 10.1 Å². The van der Waals surface area contributed by atoms with E-state index < -0.39 is 0 Å². The van der Waals surface area contributed by atoms with Crippen molar-refractivity contribution in [2.24, 2.45) is 5.73 Å². The third-order valence-corrected chi connectivity index (χ3v) is 2.67. The third-order valence-electron chi connectivity index (χ3n) is 2.67. The summed E-state index contributed by atoms with van der Waals surface area (Å²) in [5, 5.41) is 3.81. The van der Waals surface area contributed by atoms with Gasteiger partial charge in [-0.3, -0.25) is 0 Å². The molecule has 0 fully saturated rings. The molecule has 2 aromatic rings. The Morgan fingerprint density at radius 3 is 2.84 bits per heavy atom. The lowest BCUT2D eigenvalue weighted by atomic mass is 10.2. The van der Waals surface area contributed by atoms with Crippen LogP contribution in [0.4, 0.5) is 0 Å². The Labute approximate surface area is 111 Å². The fraction of sp³-hybridized carbons (Fsp3) is 0.385. The highest BCUT2D eigenvalue weighted by Gasteiger charge is 2.12. The number of hydrogen-bond acceptors (Lipinski definition) is 6. The van der Waals surface area contributed by atoms with E-state index in [9.17, 15) is 0 Å². The second-order valence-corrected chi connectivity index (χ2v) is 3.90. The molecule has 1 aromatic heterocycles. The number of rotatable bonds is 6. The molecule has 6 nitrogen and oxygen atoms in total. The maximum absolute atomic E-state index is 5.69. The SMILES string of the molecule is CCc1noc(COc2c(CN)cccc2OC)n1. The maximum Gasteiger partial charge on any atom is 0.264 e. The van der Waals surface area contributed by atoms with E-state index in [4.69, 9.17) is 19.7 Å². The van der Waals surface area contributed by atoms with Gasteiger partial charge in [0.15, 0.2) is 23.9 Å². The smallest absolute Gasteiger partial charge is 0.264 e. The second kappa shape index (κ2) is 6.19. The molecular formula is C13H17N3O3. The highest BCUT2D eigenvalue weighted by molar-refractivity contribution is 5.46. The number of aromatic nitrogens is 2. The van der Waals surface area contributed by atoms with Gasteiger partial charge in [0.25, 0.3) is 5.89 Å². The summed E-state index contributed by atoms with van der Waals surface area (Å²) in [6.45, 7) is 2.53. The molecule has 6 heteroatoms. The summed E-state index contributed by atoms with van der Waals surface area (Å²) < 4.78 is 16.0. The number of para-hydroxylation sites is 1. The van der Waals surface area contributed by atoms with Crippen molar-refractivity contribution >= 4 is 0 Å². The molecule has 0 saturated heterocycles. The Kier molecular flexibility index (Phi) is 4.35. The summed E-state index contributed by atoms with van der Waals surface area (Å²) in [7, 11) is 1.59. The zero-order valence-electron chi connectivity index (χ0n) is 11.0. The van der Waals surface area contributed by atoms with Gasteiger partial charge >= 0.3 is 0 Å². The molecular weight excluding hydrogens is 246 g/mol. The van der Waals surface area contributed by atoms with E-state index in [1.54, 1.807) is 7.11 Å². The van der Waals surface area contributed by atoms with Crippen LogP contribution >= 0.6 is 0 Å². The molecule has 0 unspecified atom stereocenters. The fourth-order valence-corrected chi connectivity index (χ4v) is 1.67. The summed E-state index contributed by atoms with van der Waals surface area (Å²) in [6.07, 6.45) is 0.728. The molecule has 102 valence electrons. The van der Waals surface area contributed by atoms with Crippen molar-refractivity contribution in [3.8, 4) is 11.5 Å². The molecule has 0 aliphatic carbocycles. The summed E-state index contributed by atoms with van der Waals surface area (Å²) in [5.41, 5.74) is 6.55. The first-order valence-electron chi connectivity index (χ1n) is 6.08. The minimum atomic E-state index is 0.195. The van der Waals surface area contributed by atoms with Crippen molar-refractivity contribution in [2.45, 2.75) is 26.5 Å². The fourth-order valence-electron chi connectivity index (χ4n) is 1.67. The standard InChI is InChI=1S/C13H17N3O3/c1-3-11-15-12(19-16-11)8-18-13-9(7-14)5-4-6-10(13)17-2/h4-6H,3,7-8,14H2,1-2H3. The predicted octanol–water partition coefficient (Wildman–Crippen LogP) is 1.68. The summed E-state index contributed by atoms with van der Waals surface area (Å²) in [4.78, 5) is 4.18. The van der Waals surface area contributed by atoms with E-state index in [0.717, 1.165) is 12.0 Å². The summed E-state index contributed by atoms with van der Waals surface area (Å²) >= 11 is 0. The van der Waals surface area contributed by atoms with Crippen LogP contribution in [0.25, 0.3) is 0 Å². The van der Waals surface area contributed by atoms with Crippen LogP contribution in [0.5, 0.6) is 11.5 Å². The van der Waals surface area contributed by atoms with E-state index in [0.29, 0.717) is 29.8 Å². The first-order valence-corrected chi connectivity index (χ1v) is 6.08. The molecule has 19 heavy (non-hydrogen) atoms. The van der Waals surface area contributed by atoms with Crippen LogP contribution in [-0.4, -0.2) is 17.3 Å². The van der Waals surface area contributed by atoms with E-state index in [1.807, 2.05) is 25.1 Å². The number of hydrogen-bond donors (Lipinski definition) is 1. The van der Waals surface area contributed by atoms with Gasteiger partial charge in [-0.1, -0.05) is 24.2 Å². The highest BCUT2D eigenvalue weighted by atomic mass is 16.5. The maximum atomic E-state index is 5.69. The molecule has 0 amide bonds.